The first kappa shape index (κ1) is 26.2. The lowest BCUT2D eigenvalue weighted by Crippen LogP contribution is -2.43. The molecule has 2 atom stereocenters. The number of rotatable bonds is 5. The summed E-state index contributed by atoms with van der Waals surface area (Å²) in [5.74, 6) is 0.485. The summed E-state index contributed by atoms with van der Waals surface area (Å²) in [7, 11) is -1.11. The average molecular weight is 561 g/mol. The van der Waals surface area contributed by atoms with Crippen LogP contribution >= 0.6 is 35.0 Å². The van der Waals surface area contributed by atoms with Gasteiger partial charge in [0.2, 0.25) is 0 Å². The number of fused-ring (bicyclic) bond motifs is 1. The zero-order valence-electron chi connectivity index (χ0n) is 20.8. The van der Waals surface area contributed by atoms with E-state index in [4.69, 9.17) is 28.2 Å². The van der Waals surface area contributed by atoms with Crippen molar-refractivity contribution in [3.05, 3.63) is 81.7 Å². The van der Waals surface area contributed by atoms with Gasteiger partial charge in [0.15, 0.2) is 0 Å². The minimum absolute atomic E-state index is 0.113. The van der Waals surface area contributed by atoms with Crippen molar-refractivity contribution in [2.75, 3.05) is 0 Å². The Balaban J connectivity index is 1.29. The fourth-order valence-corrected chi connectivity index (χ4v) is 7.71. The summed E-state index contributed by atoms with van der Waals surface area (Å²) in [6.07, 6.45) is 9.14. The van der Waals surface area contributed by atoms with Crippen LogP contribution in [-0.4, -0.2) is 18.9 Å². The summed E-state index contributed by atoms with van der Waals surface area (Å²) in [5, 5.41) is 1.65. The van der Waals surface area contributed by atoms with Crippen LogP contribution in [0.1, 0.15) is 75.1 Å². The van der Waals surface area contributed by atoms with Gasteiger partial charge in [-0.05, 0) is 93.0 Å². The lowest BCUT2D eigenvalue weighted by molar-refractivity contribution is 0.141. The van der Waals surface area contributed by atoms with Gasteiger partial charge in [-0.2, -0.15) is 0 Å². The van der Waals surface area contributed by atoms with Crippen LogP contribution in [0.3, 0.4) is 0 Å². The van der Waals surface area contributed by atoms with Crippen LogP contribution in [0.5, 0.6) is 0 Å². The maximum absolute atomic E-state index is 13.1. The number of benzene rings is 1. The molecular weight excluding hydrogens is 529 g/mol. The molecule has 1 unspecified atom stereocenters. The van der Waals surface area contributed by atoms with Crippen LogP contribution < -0.4 is 4.72 Å². The second kappa shape index (κ2) is 10.4. The minimum Gasteiger partial charge on any atom is -0.249 e. The summed E-state index contributed by atoms with van der Waals surface area (Å²) in [5.41, 5.74) is 4.12. The molecule has 0 saturated heterocycles. The molecule has 2 aliphatic rings. The second-order valence-corrected chi connectivity index (χ2v) is 14.7. The van der Waals surface area contributed by atoms with Crippen LogP contribution in [0.15, 0.2) is 64.8 Å². The van der Waals surface area contributed by atoms with Crippen molar-refractivity contribution in [3.8, 4) is 0 Å². The fourth-order valence-electron chi connectivity index (χ4n) is 5.54. The van der Waals surface area contributed by atoms with E-state index in [1.165, 1.54) is 28.5 Å². The lowest BCUT2D eigenvalue weighted by Gasteiger charge is -2.42. The number of pyridine rings is 2. The highest BCUT2D eigenvalue weighted by Crippen LogP contribution is 2.56. The van der Waals surface area contributed by atoms with Crippen molar-refractivity contribution in [1.82, 2.24) is 14.7 Å². The van der Waals surface area contributed by atoms with Crippen molar-refractivity contribution >= 4 is 45.9 Å². The second-order valence-electron chi connectivity index (χ2n) is 10.9. The summed E-state index contributed by atoms with van der Waals surface area (Å²) >= 11 is 13.8. The van der Waals surface area contributed by atoms with E-state index in [1.54, 1.807) is 6.20 Å². The highest BCUT2D eigenvalue weighted by atomic mass is 35.5. The maximum atomic E-state index is 13.1. The molecule has 1 fully saturated rings. The van der Waals surface area contributed by atoms with Crippen LogP contribution in [0, 0.1) is 5.41 Å². The number of nitrogens with one attached hydrogen (secondary N) is 1. The molecule has 8 heteroatoms. The van der Waals surface area contributed by atoms with E-state index in [0.717, 1.165) is 42.0 Å². The van der Waals surface area contributed by atoms with Gasteiger partial charge in [0.25, 0.3) is 0 Å². The Morgan fingerprint density at radius 3 is 2.50 bits per heavy atom. The Morgan fingerprint density at radius 2 is 1.81 bits per heavy atom. The van der Waals surface area contributed by atoms with E-state index in [-0.39, 0.29) is 16.2 Å². The fraction of sp³-hybridized carbons (Fsp3) is 0.429. The first-order valence-electron chi connectivity index (χ1n) is 12.4. The zero-order valence-corrected chi connectivity index (χ0v) is 23.9. The molecule has 0 aliphatic heterocycles. The van der Waals surface area contributed by atoms with Gasteiger partial charge in [-0.1, -0.05) is 65.3 Å². The molecule has 1 aromatic carbocycles. The van der Waals surface area contributed by atoms with E-state index >= 15 is 0 Å². The average Bonchev–Trinajstić information content (AvgIpc) is 3.15. The monoisotopic (exact) mass is 559 g/mol. The van der Waals surface area contributed by atoms with E-state index in [1.807, 2.05) is 33.0 Å². The van der Waals surface area contributed by atoms with E-state index in [2.05, 4.69) is 46.1 Å². The van der Waals surface area contributed by atoms with Crippen molar-refractivity contribution in [3.63, 3.8) is 0 Å². The third kappa shape index (κ3) is 5.25. The third-order valence-electron chi connectivity index (χ3n) is 7.54. The van der Waals surface area contributed by atoms with Crippen molar-refractivity contribution in [1.29, 1.82) is 0 Å². The molecule has 36 heavy (non-hydrogen) atoms. The van der Waals surface area contributed by atoms with E-state index in [9.17, 15) is 4.21 Å². The van der Waals surface area contributed by atoms with Crippen molar-refractivity contribution in [2.24, 2.45) is 5.41 Å². The van der Waals surface area contributed by atoms with Crippen LogP contribution in [0.2, 0.25) is 10.2 Å². The number of halogens is 2. The number of hydrogen-bond acceptors (Lipinski definition) is 4. The number of hydrogen-bond donors (Lipinski definition) is 1. The van der Waals surface area contributed by atoms with Gasteiger partial charge in [-0.25, -0.2) is 18.9 Å². The molecular formula is C28H31Cl2N3OS2. The van der Waals surface area contributed by atoms with Crippen molar-refractivity contribution in [2.45, 2.75) is 79.5 Å². The summed E-state index contributed by atoms with van der Waals surface area (Å²) in [4.78, 5) is 9.57. The van der Waals surface area contributed by atoms with E-state index < -0.39 is 11.0 Å². The molecule has 4 nitrogen and oxygen atoms in total. The Labute approximate surface area is 230 Å². The van der Waals surface area contributed by atoms with Gasteiger partial charge in [0.1, 0.15) is 10.2 Å². The largest absolute Gasteiger partial charge is 0.249 e. The molecule has 5 rings (SSSR count). The van der Waals surface area contributed by atoms with Gasteiger partial charge < -0.3 is 0 Å². The summed E-state index contributed by atoms with van der Waals surface area (Å²) in [6, 6.07) is 14.9. The first-order chi connectivity index (χ1) is 17.2. The molecule has 2 aromatic heterocycles. The number of nitrogens with zero attached hydrogens (tertiary/aromatic N) is 2. The van der Waals surface area contributed by atoms with E-state index in [0.29, 0.717) is 16.1 Å². The molecule has 1 N–H and O–H groups in total. The highest BCUT2D eigenvalue weighted by molar-refractivity contribution is 7.99. The van der Waals surface area contributed by atoms with Crippen molar-refractivity contribution < 1.29 is 4.21 Å². The van der Waals surface area contributed by atoms with Gasteiger partial charge in [0.05, 0.1) is 26.8 Å². The SMILES string of the molecule is CC(C)(C)S(=O)N[C@@H]1c2ccccc2CC12CCC(c1ccc(Sc3ccnc(Cl)c3Cl)nc1)CC2. The molecule has 0 radical (unpaired) electrons. The summed E-state index contributed by atoms with van der Waals surface area (Å²) < 4.78 is 16.4. The Morgan fingerprint density at radius 1 is 1.06 bits per heavy atom. The van der Waals surface area contributed by atoms with Gasteiger partial charge in [-0.3, -0.25) is 0 Å². The van der Waals surface area contributed by atoms with Crippen LogP contribution in [0.4, 0.5) is 0 Å². The third-order valence-corrected chi connectivity index (χ3v) is 11.0. The Kier molecular flexibility index (Phi) is 7.54. The summed E-state index contributed by atoms with van der Waals surface area (Å²) in [6.45, 7) is 6.10. The van der Waals surface area contributed by atoms with Gasteiger partial charge >= 0.3 is 0 Å². The smallest absolute Gasteiger partial charge is 0.148 e. The van der Waals surface area contributed by atoms with Gasteiger partial charge in [0, 0.05) is 17.3 Å². The Bertz CT molecular complexity index is 1270. The maximum Gasteiger partial charge on any atom is 0.148 e. The highest BCUT2D eigenvalue weighted by Gasteiger charge is 2.49. The first-order valence-corrected chi connectivity index (χ1v) is 15.1. The molecule has 0 amide bonds. The molecule has 0 bridgehead atoms. The molecule has 3 aromatic rings. The molecule has 2 heterocycles. The predicted molar refractivity (Wildman–Crippen MR) is 150 cm³/mol. The number of aromatic nitrogens is 2. The Hall–Kier alpha value is -1.44. The molecule has 1 saturated carbocycles. The molecule has 190 valence electrons. The predicted octanol–water partition coefficient (Wildman–Crippen LogP) is 7.93. The lowest BCUT2D eigenvalue weighted by atomic mass is 9.66. The normalized spacial score (nSPS) is 24.6. The minimum atomic E-state index is -1.11. The van der Waals surface area contributed by atoms with Crippen LogP contribution in [0.25, 0.3) is 0 Å². The topological polar surface area (TPSA) is 54.9 Å². The molecule has 1 spiro atoms. The molecule has 2 aliphatic carbocycles. The standard InChI is InChI=1S/C28H31Cl2N3OS2/c1-27(2,3)36(34)33-25-21-7-5-4-6-19(21)16-28(25)13-10-18(11-14-28)20-8-9-23(32-17-20)35-22-12-15-31-26(30)24(22)29/h4-9,12,15,17-18,25,33H,10-11,13-14,16H2,1-3H3/t18?,25-,28?,36?/m1/s1. The van der Waals surface area contributed by atoms with Gasteiger partial charge in [-0.15, -0.1) is 0 Å². The quantitative estimate of drug-likeness (QED) is 0.322. The van der Waals surface area contributed by atoms with Crippen LogP contribution in [-0.2, 0) is 17.4 Å². The zero-order chi connectivity index (χ0) is 25.5.